The molecule has 6 rings (SSSR count). The Balaban J connectivity index is 1.70. The van der Waals surface area contributed by atoms with E-state index in [1.165, 1.54) is 12.1 Å². The average Bonchev–Trinajstić information content (AvgIpc) is 3.31. The fraction of sp³-hybridized carbons (Fsp3) is 0.281. The maximum Gasteiger partial charge on any atom is 0.488 e. The van der Waals surface area contributed by atoms with Crippen molar-refractivity contribution in [2.24, 2.45) is 0 Å². The zero-order valence-electron chi connectivity index (χ0n) is 23.5. The van der Waals surface area contributed by atoms with Gasteiger partial charge in [0.15, 0.2) is 5.43 Å². The molecule has 0 spiro atoms. The summed E-state index contributed by atoms with van der Waals surface area (Å²) < 4.78 is 48.6. The highest BCUT2D eigenvalue weighted by atomic mass is 32.3. The lowest BCUT2D eigenvalue weighted by atomic mass is 9.98. The molecule has 1 N–H and O–H groups in total. The number of rotatable bonds is 6. The van der Waals surface area contributed by atoms with Gasteiger partial charge in [0.2, 0.25) is 0 Å². The summed E-state index contributed by atoms with van der Waals surface area (Å²) in [5.74, 6) is 2.94. The second-order valence-corrected chi connectivity index (χ2v) is 12.0. The molecule has 1 fully saturated rings. The van der Waals surface area contributed by atoms with Crippen molar-refractivity contribution in [1.82, 2.24) is 14.5 Å². The molecule has 2 aromatic heterocycles. The molecule has 1 aliphatic rings. The minimum atomic E-state index is -5.21. The van der Waals surface area contributed by atoms with Crippen LogP contribution in [-0.2, 0) is 10.5 Å². The first kappa shape index (κ1) is 27.8. The minimum absolute atomic E-state index is 0.100. The number of H-pyrrole nitrogens is 1. The second kappa shape index (κ2) is 10.5. The van der Waals surface area contributed by atoms with Crippen molar-refractivity contribution in [1.29, 1.82) is 0 Å². The molecule has 3 aromatic carbocycles. The van der Waals surface area contributed by atoms with Gasteiger partial charge in [0.1, 0.15) is 17.1 Å². The van der Waals surface area contributed by atoms with Crippen LogP contribution in [0.25, 0.3) is 44.0 Å². The number of hydrogen-bond donors (Lipinski definition) is 1. The summed E-state index contributed by atoms with van der Waals surface area (Å²) >= 11 is 0. The Morgan fingerprint density at radius 3 is 2.52 bits per heavy atom. The van der Waals surface area contributed by atoms with Gasteiger partial charge in [-0.05, 0) is 88.8 Å². The number of ether oxygens (including phenoxy) is 1. The van der Waals surface area contributed by atoms with Gasteiger partial charge in [-0.15, -0.1) is 6.42 Å². The molecule has 3 heterocycles. The molecule has 1 aliphatic heterocycles. The van der Waals surface area contributed by atoms with E-state index in [1.54, 1.807) is 18.2 Å². The van der Waals surface area contributed by atoms with Crippen molar-refractivity contribution in [2.75, 3.05) is 20.1 Å². The van der Waals surface area contributed by atoms with Crippen LogP contribution in [0.4, 0.5) is 3.89 Å². The van der Waals surface area contributed by atoms with Gasteiger partial charge >= 0.3 is 10.5 Å². The van der Waals surface area contributed by atoms with E-state index < -0.39 is 10.5 Å². The largest absolute Gasteiger partial charge is 0.490 e. The maximum atomic E-state index is 14.2. The van der Waals surface area contributed by atoms with Crippen LogP contribution < -0.4 is 14.3 Å². The van der Waals surface area contributed by atoms with Gasteiger partial charge in [0.05, 0.1) is 22.4 Å². The smallest absolute Gasteiger partial charge is 0.488 e. The van der Waals surface area contributed by atoms with E-state index in [-0.39, 0.29) is 23.3 Å². The van der Waals surface area contributed by atoms with Crippen LogP contribution in [0.15, 0.2) is 59.4 Å². The van der Waals surface area contributed by atoms with Crippen molar-refractivity contribution < 1.29 is 21.2 Å². The van der Waals surface area contributed by atoms with Gasteiger partial charge in [0.25, 0.3) is 0 Å². The molecule has 0 unspecified atom stereocenters. The Hall–Kier alpha value is -4.33. The van der Waals surface area contributed by atoms with Gasteiger partial charge < -0.3 is 23.4 Å². The number of nitrogens with one attached hydrogen (secondary N) is 1. The van der Waals surface area contributed by atoms with E-state index in [0.717, 1.165) is 42.5 Å². The predicted molar refractivity (Wildman–Crippen MR) is 163 cm³/mol. The third kappa shape index (κ3) is 5.10. The van der Waals surface area contributed by atoms with Crippen molar-refractivity contribution >= 4 is 43.3 Å². The summed E-state index contributed by atoms with van der Waals surface area (Å²) in [6, 6.07) is 15.5. The highest BCUT2D eigenvalue weighted by Gasteiger charge is 2.26. The van der Waals surface area contributed by atoms with Crippen molar-refractivity contribution in [2.45, 2.75) is 38.8 Å². The Morgan fingerprint density at radius 1 is 1.07 bits per heavy atom. The summed E-state index contributed by atoms with van der Waals surface area (Å²) in [6.45, 7) is 5.57. The summed E-state index contributed by atoms with van der Waals surface area (Å²) in [5.41, 5.74) is 3.95. The van der Waals surface area contributed by atoms with Gasteiger partial charge in [0, 0.05) is 28.1 Å². The van der Waals surface area contributed by atoms with E-state index >= 15 is 0 Å². The van der Waals surface area contributed by atoms with Crippen LogP contribution in [0, 0.1) is 12.3 Å². The number of aromatic amines is 1. The molecule has 5 aromatic rings. The molecule has 0 amide bonds. The first-order valence-electron chi connectivity index (χ1n) is 13.8. The number of halogens is 1. The Bertz CT molecular complexity index is 2070. The molecular weight excluding hydrogens is 557 g/mol. The molecule has 0 radical (unpaired) electrons. The highest BCUT2D eigenvalue weighted by molar-refractivity contribution is 7.81. The van der Waals surface area contributed by atoms with Crippen LogP contribution in [-0.4, -0.2) is 49.1 Å². The Morgan fingerprint density at radius 2 is 1.83 bits per heavy atom. The normalized spacial score (nSPS) is 15.0. The van der Waals surface area contributed by atoms with E-state index in [4.69, 9.17) is 11.2 Å². The molecule has 0 aliphatic carbocycles. The van der Waals surface area contributed by atoms with Gasteiger partial charge in [-0.25, -0.2) is 0 Å². The van der Waals surface area contributed by atoms with Crippen LogP contribution in [0.2, 0.25) is 0 Å². The van der Waals surface area contributed by atoms with Gasteiger partial charge in [-0.1, -0.05) is 28.0 Å². The summed E-state index contributed by atoms with van der Waals surface area (Å²) in [4.78, 5) is 20.0. The third-order valence-corrected chi connectivity index (χ3v) is 8.16. The quantitative estimate of drug-likeness (QED) is 0.196. The monoisotopic (exact) mass is 587 g/mol. The number of nitrogens with zero attached hydrogens (tertiary/aromatic N) is 2. The van der Waals surface area contributed by atoms with E-state index in [1.807, 2.05) is 38.1 Å². The Kier molecular flexibility index (Phi) is 6.95. The number of pyridine rings is 1. The lowest BCUT2D eigenvalue weighted by molar-refractivity contribution is 0.226. The summed E-state index contributed by atoms with van der Waals surface area (Å²) in [5, 5.41) is 1.89. The number of piperidine rings is 1. The molecule has 0 bridgehead atoms. The van der Waals surface area contributed by atoms with Crippen LogP contribution >= 0.6 is 0 Å². The van der Waals surface area contributed by atoms with Gasteiger partial charge in [-0.2, -0.15) is 8.42 Å². The molecule has 42 heavy (non-hydrogen) atoms. The maximum absolute atomic E-state index is 14.2. The van der Waals surface area contributed by atoms with Crippen molar-refractivity contribution in [3.63, 3.8) is 0 Å². The topological polar surface area (TPSA) is 93.6 Å². The van der Waals surface area contributed by atoms with Crippen LogP contribution in [0.3, 0.4) is 0 Å². The first-order valence-corrected chi connectivity index (χ1v) is 15.1. The Labute approximate surface area is 243 Å². The highest BCUT2D eigenvalue weighted by Crippen LogP contribution is 2.39. The molecule has 0 saturated carbocycles. The summed E-state index contributed by atoms with van der Waals surface area (Å²) in [7, 11) is -3.11. The number of aromatic nitrogens is 2. The molecule has 1 saturated heterocycles. The fourth-order valence-corrected chi connectivity index (χ4v) is 6.26. The molecule has 0 atom stereocenters. The number of likely N-dealkylation sites (tertiary alicyclic amines) is 1. The predicted octanol–water partition coefficient (Wildman–Crippen LogP) is 5.93. The lowest BCUT2D eigenvalue weighted by Gasteiger charge is -2.32. The van der Waals surface area contributed by atoms with Crippen molar-refractivity contribution in [3.05, 3.63) is 70.4 Å². The number of terminal acetylenes is 1. The zero-order chi connectivity index (χ0) is 29.8. The number of benzene rings is 3. The van der Waals surface area contributed by atoms with E-state index in [0.29, 0.717) is 38.7 Å². The zero-order valence-corrected chi connectivity index (χ0v) is 24.3. The summed E-state index contributed by atoms with van der Waals surface area (Å²) in [6.07, 6.45) is 7.21. The van der Waals surface area contributed by atoms with E-state index in [2.05, 4.69) is 31.6 Å². The average molecular weight is 588 g/mol. The van der Waals surface area contributed by atoms with Crippen LogP contribution in [0.1, 0.15) is 38.3 Å². The SMILES string of the molecule is C#Cc1ccc2c(c1)[nH]c1c2c(=O)c2cc(OC(C)C)c(-c3cccc(OS(=O)(=O)F)c3)cc2n1C1CCN(C)CC1. The number of hydrogen-bond acceptors (Lipinski definition) is 6. The van der Waals surface area contributed by atoms with Crippen LogP contribution in [0.5, 0.6) is 11.5 Å². The lowest BCUT2D eigenvalue weighted by Crippen LogP contribution is -2.32. The fourth-order valence-electron chi connectivity index (χ4n) is 5.93. The molecule has 10 heteroatoms. The standard InChI is InChI=1S/C32H30FN3O5S/c1-5-20-9-10-24-27(15-20)34-32-30(24)31(37)26-18-29(40-19(2)3)25(21-7-6-8-23(16-21)41-42(33,38)39)17-28(26)36(32)22-11-13-35(4)14-12-22/h1,6-10,15-19,22,34H,11-14H2,2-4H3. The minimum Gasteiger partial charge on any atom is -0.490 e. The van der Waals surface area contributed by atoms with Gasteiger partial charge in [-0.3, -0.25) is 4.79 Å². The molecular formula is C32H30FN3O5S. The number of fused-ring (bicyclic) bond motifs is 4. The second-order valence-electron chi connectivity index (χ2n) is 11.0. The first-order chi connectivity index (χ1) is 20.0. The van der Waals surface area contributed by atoms with Crippen molar-refractivity contribution in [3.8, 4) is 35.0 Å². The third-order valence-electron chi connectivity index (χ3n) is 7.77. The molecule has 216 valence electrons. The molecule has 8 nitrogen and oxygen atoms in total. The van der Waals surface area contributed by atoms with E-state index in [9.17, 15) is 17.1 Å².